The summed E-state index contributed by atoms with van der Waals surface area (Å²) >= 11 is 5.97. The van der Waals surface area contributed by atoms with E-state index in [-0.39, 0.29) is 24.1 Å². The molecule has 3 aliphatic rings. The summed E-state index contributed by atoms with van der Waals surface area (Å²) in [6.45, 7) is 2.80. The third-order valence-corrected chi connectivity index (χ3v) is 9.42. The second-order valence-electron chi connectivity index (χ2n) is 12.1. The number of aromatic nitrogens is 1. The summed E-state index contributed by atoms with van der Waals surface area (Å²) in [4.78, 5) is 51.3. The minimum absolute atomic E-state index is 0.0364. The van der Waals surface area contributed by atoms with Crippen molar-refractivity contribution in [2.24, 2.45) is 0 Å². The predicted molar refractivity (Wildman–Crippen MR) is 173 cm³/mol. The van der Waals surface area contributed by atoms with Crippen molar-refractivity contribution in [2.75, 3.05) is 49.5 Å². The molecule has 3 aliphatic heterocycles. The van der Waals surface area contributed by atoms with Gasteiger partial charge in [0.25, 0.3) is 0 Å². The number of phenolic OH excluding ortho intramolecular Hbond substituents is 1. The van der Waals surface area contributed by atoms with Gasteiger partial charge >= 0.3 is 18.2 Å². The molecule has 48 heavy (non-hydrogen) atoms. The molecule has 15 heteroatoms. The van der Waals surface area contributed by atoms with Crippen LogP contribution >= 0.6 is 11.6 Å². The smallest absolute Gasteiger partial charge is 0.420 e. The quantitative estimate of drug-likeness (QED) is 0.338. The molecule has 2 fully saturated rings. The molecule has 1 atom stereocenters. The molecule has 3 aromatic rings. The van der Waals surface area contributed by atoms with Crippen molar-refractivity contribution in [3.8, 4) is 5.75 Å². The van der Waals surface area contributed by atoms with Crippen molar-refractivity contribution in [1.29, 1.82) is 0 Å². The van der Waals surface area contributed by atoms with E-state index in [9.17, 15) is 32.7 Å². The van der Waals surface area contributed by atoms with E-state index in [1.807, 2.05) is 36.4 Å². The summed E-state index contributed by atoms with van der Waals surface area (Å²) in [5.41, 5.74) is 1.45. The number of urea groups is 2. The fourth-order valence-corrected chi connectivity index (χ4v) is 6.77. The van der Waals surface area contributed by atoms with Gasteiger partial charge in [-0.3, -0.25) is 9.78 Å². The third kappa shape index (κ3) is 7.23. The Bertz CT molecular complexity index is 1660. The van der Waals surface area contributed by atoms with Crippen molar-refractivity contribution in [2.45, 2.75) is 44.1 Å². The lowest BCUT2D eigenvalue weighted by Crippen LogP contribution is -2.58. The molecule has 3 N–H and O–H groups in total. The highest BCUT2D eigenvalue weighted by molar-refractivity contribution is 6.32. The Morgan fingerprint density at radius 1 is 1.00 bits per heavy atom. The first-order valence-corrected chi connectivity index (χ1v) is 16.1. The number of phenols is 1. The molecule has 0 aliphatic carbocycles. The molecule has 2 aromatic carbocycles. The van der Waals surface area contributed by atoms with Gasteiger partial charge in [0.2, 0.25) is 5.91 Å². The molecular weight excluding hydrogens is 651 g/mol. The Labute approximate surface area is 280 Å². The Morgan fingerprint density at radius 3 is 2.38 bits per heavy atom. The molecule has 254 valence electrons. The van der Waals surface area contributed by atoms with Crippen LogP contribution < -0.4 is 15.5 Å². The van der Waals surface area contributed by atoms with Crippen LogP contribution in [0, 0.1) is 0 Å². The van der Waals surface area contributed by atoms with Gasteiger partial charge in [-0.05, 0) is 54.3 Å². The molecule has 11 nitrogen and oxygen atoms in total. The average Bonchev–Trinajstić information content (AvgIpc) is 3.09. The van der Waals surface area contributed by atoms with Crippen molar-refractivity contribution >= 4 is 40.9 Å². The second kappa shape index (κ2) is 13.8. The van der Waals surface area contributed by atoms with Crippen molar-refractivity contribution < 1.29 is 32.7 Å². The Morgan fingerprint density at radius 2 is 1.69 bits per heavy atom. The van der Waals surface area contributed by atoms with Gasteiger partial charge in [0.1, 0.15) is 11.8 Å². The number of alkyl halides is 3. The van der Waals surface area contributed by atoms with Crippen LogP contribution in [0.3, 0.4) is 0 Å². The zero-order valence-corrected chi connectivity index (χ0v) is 26.7. The van der Waals surface area contributed by atoms with Gasteiger partial charge in [-0.2, -0.15) is 13.2 Å². The molecule has 0 saturated carbocycles. The van der Waals surface area contributed by atoms with E-state index in [4.69, 9.17) is 11.6 Å². The number of aromatic hydroxyl groups is 1. The number of para-hydroxylation sites is 1. The number of amides is 5. The molecule has 2 saturated heterocycles. The van der Waals surface area contributed by atoms with Gasteiger partial charge in [0.05, 0.1) is 10.6 Å². The summed E-state index contributed by atoms with van der Waals surface area (Å²) in [5.74, 6) is -1.53. The molecule has 0 bridgehead atoms. The maximum Gasteiger partial charge on any atom is 0.420 e. The number of pyridine rings is 1. The second-order valence-corrected chi connectivity index (χ2v) is 12.5. The number of nitrogens with one attached hydrogen (secondary N) is 2. The van der Waals surface area contributed by atoms with Crippen LogP contribution in [0.5, 0.6) is 5.75 Å². The minimum Gasteiger partial charge on any atom is -0.506 e. The number of piperazine rings is 1. The van der Waals surface area contributed by atoms with Gasteiger partial charge < -0.3 is 35.3 Å². The highest BCUT2D eigenvalue weighted by Gasteiger charge is 2.37. The van der Waals surface area contributed by atoms with Crippen LogP contribution in [0.25, 0.3) is 0 Å². The fraction of sp³-hybridized carbons (Fsp3) is 0.394. The van der Waals surface area contributed by atoms with E-state index in [1.54, 1.807) is 27.1 Å². The van der Waals surface area contributed by atoms with Gasteiger partial charge in [-0.25, -0.2) is 9.59 Å². The maximum absolute atomic E-state index is 13.9. The van der Waals surface area contributed by atoms with Crippen LogP contribution in [-0.4, -0.2) is 94.1 Å². The number of halogens is 4. The molecule has 0 spiro atoms. The molecule has 1 aromatic heterocycles. The number of anilines is 2. The number of hydrogen-bond donors (Lipinski definition) is 3. The van der Waals surface area contributed by atoms with E-state index in [0.717, 1.165) is 23.0 Å². The number of likely N-dealkylation sites (tertiary alicyclic amines) is 1. The first kappa shape index (κ1) is 33.2. The summed E-state index contributed by atoms with van der Waals surface area (Å²) in [6, 6.07) is 11.2. The lowest BCUT2D eigenvalue weighted by atomic mass is 10.00. The summed E-state index contributed by atoms with van der Waals surface area (Å²) in [7, 11) is 0. The third-order valence-electron chi connectivity index (χ3n) is 9.14. The molecule has 5 amide bonds. The van der Waals surface area contributed by atoms with Crippen LogP contribution in [-0.2, 0) is 23.9 Å². The van der Waals surface area contributed by atoms with Gasteiger partial charge in [-0.15, -0.1) is 0 Å². The number of carbonyl (C=O) groups is 3. The molecular formula is C33H35ClF3N7O4. The summed E-state index contributed by atoms with van der Waals surface area (Å²) in [5, 5.41) is 15.2. The van der Waals surface area contributed by atoms with E-state index in [2.05, 4.69) is 20.5 Å². The molecule has 0 unspecified atom stereocenters. The average molecular weight is 686 g/mol. The van der Waals surface area contributed by atoms with Gasteiger partial charge in [-0.1, -0.05) is 29.8 Å². The lowest BCUT2D eigenvalue weighted by Gasteiger charge is -2.41. The number of hydrogen-bond acceptors (Lipinski definition) is 6. The first-order chi connectivity index (χ1) is 23.0. The Hall–Kier alpha value is -4.72. The number of nitrogens with zero attached hydrogens (tertiary/aromatic N) is 5. The predicted octanol–water partition coefficient (Wildman–Crippen LogP) is 4.94. The fourth-order valence-electron chi connectivity index (χ4n) is 6.52. The molecule has 6 rings (SSSR count). The summed E-state index contributed by atoms with van der Waals surface area (Å²) in [6.07, 6.45) is -0.767. The van der Waals surface area contributed by atoms with E-state index < -0.39 is 40.5 Å². The van der Waals surface area contributed by atoms with Crippen LogP contribution in [0.1, 0.15) is 29.5 Å². The topological polar surface area (TPSA) is 121 Å². The normalized spacial score (nSPS) is 17.9. The number of benzene rings is 2. The highest BCUT2D eigenvalue weighted by atomic mass is 35.5. The van der Waals surface area contributed by atoms with Crippen molar-refractivity contribution in [3.05, 3.63) is 82.6 Å². The van der Waals surface area contributed by atoms with E-state index in [1.165, 1.54) is 6.07 Å². The van der Waals surface area contributed by atoms with Crippen molar-refractivity contribution in [1.82, 2.24) is 25.0 Å². The monoisotopic (exact) mass is 685 g/mol. The standard InChI is InChI=1S/C33H35ClF3N7O4/c34-26-18-21(17-25(29(26)45)33(35,36)37)19-28(30(46)42-15-13-41(14-16-42)23-5-9-38-10-6-23)40-31(47)43-11-7-24(8-12-43)44-20-22-3-1-2-4-27(22)39-32(44)48/h1-6,9-10,17-18,24,28,45H,7-8,11-16,19-20H2,(H,39,48)(H,40,47)/t28-/m1/s1. The van der Waals surface area contributed by atoms with Crippen molar-refractivity contribution in [3.63, 3.8) is 0 Å². The number of piperidine rings is 1. The van der Waals surface area contributed by atoms with Crippen LogP contribution in [0.2, 0.25) is 5.02 Å². The zero-order chi connectivity index (χ0) is 34.0. The largest absolute Gasteiger partial charge is 0.506 e. The maximum atomic E-state index is 13.9. The first-order valence-electron chi connectivity index (χ1n) is 15.7. The molecule has 4 heterocycles. The Kier molecular flexibility index (Phi) is 9.54. The Balaban J connectivity index is 1.14. The summed E-state index contributed by atoms with van der Waals surface area (Å²) < 4.78 is 41.0. The minimum atomic E-state index is -4.88. The number of fused-ring (bicyclic) bond motifs is 1. The van der Waals surface area contributed by atoms with E-state index >= 15 is 0 Å². The lowest BCUT2D eigenvalue weighted by molar-refractivity contribution is -0.138. The van der Waals surface area contributed by atoms with Gasteiger partial charge in [0.15, 0.2) is 0 Å². The van der Waals surface area contributed by atoms with Crippen LogP contribution in [0.15, 0.2) is 60.9 Å². The number of rotatable bonds is 6. The zero-order valence-electron chi connectivity index (χ0n) is 25.9. The molecule has 0 radical (unpaired) electrons. The number of carbonyl (C=O) groups excluding carboxylic acids is 3. The highest BCUT2D eigenvalue weighted by Crippen LogP contribution is 2.40. The van der Waals surface area contributed by atoms with E-state index in [0.29, 0.717) is 58.7 Å². The van der Waals surface area contributed by atoms with Gasteiger partial charge in [0, 0.05) is 82.0 Å². The van der Waals surface area contributed by atoms with Crippen LogP contribution in [0.4, 0.5) is 34.1 Å². The SMILES string of the molecule is O=C(N[C@H](Cc1cc(Cl)c(O)c(C(F)(F)F)c1)C(=O)N1CCN(c2ccncc2)CC1)N1CCC(N2Cc3ccccc3NC2=O)CC1.